The Balaban J connectivity index is 2.27. The second kappa shape index (κ2) is 4.15. The summed E-state index contributed by atoms with van der Waals surface area (Å²) < 4.78 is 73.2. The zero-order chi connectivity index (χ0) is 14.5. The van der Waals surface area contributed by atoms with E-state index >= 15 is 0 Å². The van der Waals surface area contributed by atoms with Crippen LogP contribution in [0.4, 0.5) is 13.2 Å². The third-order valence-electron chi connectivity index (χ3n) is 3.42. The Kier molecular flexibility index (Phi) is 2.75. The minimum Gasteiger partial charge on any atom is -0.453 e. The lowest BCUT2D eigenvalue weighted by Gasteiger charge is -2.25. The second-order valence-electron chi connectivity index (χ2n) is 4.47. The Morgan fingerprint density at radius 1 is 1.20 bits per heavy atom. The number of sulfone groups is 1. The van der Waals surface area contributed by atoms with Gasteiger partial charge in [0.05, 0.1) is 10.5 Å². The van der Waals surface area contributed by atoms with Gasteiger partial charge >= 0.3 is 5.76 Å². The van der Waals surface area contributed by atoms with Crippen LogP contribution in [-0.2, 0) is 31.5 Å². The fraction of sp³-hybridized carbons (Fsp3) is 0.333. The van der Waals surface area contributed by atoms with Gasteiger partial charge in [0.15, 0.2) is 0 Å². The van der Waals surface area contributed by atoms with Gasteiger partial charge in [-0.25, -0.2) is 12.8 Å². The van der Waals surface area contributed by atoms with E-state index in [1.165, 1.54) is 12.5 Å². The molecule has 3 rings (SSSR count). The van der Waals surface area contributed by atoms with Crippen LogP contribution in [0.15, 0.2) is 29.6 Å². The topological polar surface area (TPSA) is 52.6 Å². The van der Waals surface area contributed by atoms with Gasteiger partial charge in [-0.3, -0.25) is 0 Å². The second-order valence-corrected chi connectivity index (χ2v) is 6.35. The van der Waals surface area contributed by atoms with E-state index in [1.807, 2.05) is 0 Å². The molecule has 0 saturated heterocycles. The molecule has 8 heteroatoms. The van der Waals surface area contributed by atoms with Crippen LogP contribution in [0.2, 0.25) is 0 Å². The van der Waals surface area contributed by atoms with Crippen LogP contribution < -0.4 is 0 Å². The molecule has 0 radical (unpaired) electrons. The first-order valence-electron chi connectivity index (χ1n) is 5.73. The number of alkyl halides is 2. The van der Waals surface area contributed by atoms with E-state index in [1.54, 1.807) is 0 Å². The van der Waals surface area contributed by atoms with E-state index in [0.717, 1.165) is 12.1 Å². The Morgan fingerprint density at radius 2 is 1.85 bits per heavy atom. The van der Waals surface area contributed by atoms with Crippen molar-refractivity contribution < 1.29 is 31.1 Å². The first-order valence-corrected chi connectivity index (χ1v) is 7.28. The van der Waals surface area contributed by atoms with Gasteiger partial charge in [0, 0.05) is 12.0 Å². The van der Waals surface area contributed by atoms with Crippen LogP contribution >= 0.6 is 0 Å². The van der Waals surface area contributed by atoms with Crippen molar-refractivity contribution in [3.63, 3.8) is 0 Å². The van der Waals surface area contributed by atoms with Crippen molar-refractivity contribution in [2.45, 2.75) is 29.3 Å². The molecule has 1 aliphatic carbocycles. The molecule has 0 aromatic heterocycles. The summed E-state index contributed by atoms with van der Waals surface area (Å²) in [7, 11) is -4.87. The van der Waals surface area contributed by atoms with E-state index in [-0.39, 0.29) is 24.0 Å². The normalized spacial score (nSPS) is 19.2. The molecular weight excluding hydrogens is 297 g/mol. The molecule has 1 heterocycles. The number of hydrogen-bond acceptors (Lipinski definition) is 4. The maximum Gasteiger partial charge on any atom is 0.341 e. The maximum absolute atomic E-state index is 13.8. The molecule has 1 spiro atoms. The molecule has 108 valence electrons. The first kappa shape index (κ1) is 13.3. The standard InChI is InChI=1S/C12H9F3O4S/c13-8-1-2-9(20(16,17)11(14)15)10-7(8)3-4-12(10)18-5-6-19-12/h1-2,5-6,11H,3-4H2. The Bertz CT molecular complexity index is 689. The summed E-state index contributed by atoms with van der Waals surface area (Å²) >= 11 is 0. The number of fused-ring (bicyclic) bond motifs is 2. The molecule has 2 aliphatic rings. The molecule has 0 N–H and O–H groups in total. The minimum atomic E-state index is -4.87. The predicted molar refractivity (Wildman–Crippen MR) is 60.9 cm³/mol. The van der Waals surface area contributed by atoms with E-state index in [0.29, 0.717) is 0 Å². The zero-order valence-electron chi connectivity index (χ0n) is 9.98. The highest BCUT2D eigenvalue weighted by atomic mass is 32.2. The number of ether oxygens (including phenoxy) is 2. The number of benzene rings is 1. The van der Waals surface area contributed by atoms with Crippen LogP contribution in [0.25, 0.3) is 0 Å². The van der Waals surface area contributed by atoms with Gasteiger partial charge in [-0.15, -0.1) is 0 Å². The van der Waals surface area contributed by atoms with E-state index in [9.17, 15) is 21.6 Å². The molecule has 1 aromatic carbocycles. The summed E-state index contributed by atoms with van der Waals surface area (Å²) in [6.07, 6.45) is 2.66. The lowest BCUT2D eigenvalue weighted by molar-refractivity contribution is -0.148. The summed E-state index contributed by atoms with van der Waals surface area (Å²) in [6.45, 7) is 0. The average molecular weight is 306 g/mol. The number of hydrogen-bond donors (Lipinski definition) is 0. The Hall–Kier alpha value is -1.70. The van der Waals surface area contributed by atoms with Crippen molar-refractivity contribution in [1.82, 2.24) is 0 Å². The molecule has 0 atom stereocenters. The fourth-order valence-corrected chi connectivity index (χ4v) is 3.56. The summed E-state index contributed by atoms with van der Waals surface area (Å²) in [5, 5.41) is 0. The van der Waals surface area contributed by atoms with Crippen molar-refractivity contribution in [2.24, 2.45) is 0 Å². The predicted octanol–water partition coefficient (Wildman–Crippen LogP) is 2.44. The summed E-state index contributed by atoms with van der Waals surface area (Å²) in [6, 6.07) is 1.70. The first-order chi connectivity index (χ1) is 9.38. The van der Waals surface area contributed by atoms with Gasteiger partial charge in [0.1, 0.15) is 18.3 Å². The number of rotatable bonds is 2. The highest BCUT2D eigenvalue weighted by molar-refractivity contribution is 7.91. The van der Waals surface area contributed by atoms with Crippen LogP contribution in [0, 0.1) is 5.82 Å². The quantitative estimate of drug-likeness (QED) is 0.788. The van der Waals surface area contributed by atoms with Crippen LogP contribution in [-0.4, -0.2) is 14.2 Å². The zero-order valence-corrected chi connectivity index (χ0v) is 10.8. The van der Waals surface area contributed by atoms with E-state index < -0.39 is 32.1 Å². The molecule has 1 aromatic rings. The Labute approximate surface area is 112 Å². The molecule has 0 bridgehead atoms. The fourth-order valence-electron chi connectivity index (χ4n) is 2.55. The molecule has 0 unspecified atom stereocenters. The minimum absolute atomic E-state index is 0.0374. The third kappa shape index (κ3) is 1.64. The van der Waals surface area contributed by atoms with Gasteiger partial charge in [-0.2, -0.15) is 8.78 Å². The maximum atomic E-state index is 13.8. The van der Waals surface area contributed by atoms with E-state index in [2.05, 4.69) is 0 Å². The third-order valence-corrected chi connectivity index (χ3v) is 4.84. The summed E-state index contributed by atoms with van der Waals surface area (Å²) in [4.78, 5) is -0.648. The van der Waals surface area contributed by atoms with Crippen molar-refractivity contribution in [2.75, 3.05) is 0 Å². The highest BCUT2D eigenvalue weighted by Crippen LogP contribution is 2.48. The van der Waals surface area contributed by atoms with Crippen LogP contribution in [0.5, 0.6) is 0 Å². The van der Waals surface area contributed by atoms with Crippen molar-refractivity contribution >= 4 is 9.84 Å². The van der Waals surface area contributed by atoms with Gasteiger partial charge in [0.25, 0.3) is 5.79 Å². The lowest BCUT2D eigenvalue weighted by atomic mass is 10.1. The molecule has 20 heavy (non-hydrogen) atoms. The van der Waals surface area contributed by atoms with Crippen LogP contribution in [0.1, 0.15) is 17.5 Å². The van der Waals surface area contributed by atoms with Crippen molar-refractivity contribution in [3.05, 3.63) is 41.6 Å². The summed E-state index contributed by atoms with van der Waals surface area (Å²) in [5.74, 6) is -5.78. The highest BCUT2D eigenvalue weighted by Gasteiger charge is 2.50. The monoisotopic (exact) mass is 306 g/mol. The molecule has 0 fully saturated rings. The van der Waals surface area contributed by atoms with Gasteiger partial charge < -0.3 is 9.47 Å². The smallest absolute Gasteiger partial charge is 0.341 e. The largest absolute Gasteiger partial charge is 0.453 e. The molecular formula is C12H9F3O4S. The Morgan fingerprint density at radius 3 is 2.45 bits per heavy atom. The number of halogens is 3. The van der Waals surface area contributed by atoms with Crippen LogP contribution in [0.3, 0.4) is 0 Å². The molecule has 4 nitrogen and oxygen atoms in total. The molecule has 0 saturated carbocycles. The van der Waals surface area contributed by atoms with Crippen molar-refractivity contribution in [1.29, 1.82) is 0 Å². The molecule has 0 amide bonds. The van der Waals surface area contributed by atoms with Gasteiger partial charge in [-0.05, 0) is 18.6 Å². The SMILES string of the molecule is O=S(=O)(c1ccc(F)c2c1C1(CC2)OC=CO1)C(F)F. The van der Waals surface area contributed by atoms with E-state index in [4.69, 9.17) is 9.47 Å². The summed E-state index contributed by atoms with van der Waals surface area (Å²) in [5.41, 5.74) is -0.127. The average Bonchev–Trinajstić information content (AvgIpc) is 3.00. The van der Waals surface area contributed by atoms with Crippen molar-refractivity contribution in [3.8, 4) is 0 Å². The van der Waals surface area contributed by atoms with Gasteiger partial charge in [-0.1, -0.05) is 0 Å². The molecule has 1 aliphatic heterocycles. The van der Waals surface area contributed by atoms with Gasteiger partial charge in [0.2, 0.25) is 9.84 Å². The lowest BCUT2D eigenvalue weighted by Crippen LogP contribution is -2.27.